The highest BCUT2D eigenvalue weighted by Crippen LogP contribution is 2.17. The van der Waals surface area contributed by atoms with E-state index in [2.05, 4.69) is 14.9 Å². The fourth-order valence-electron chi connectivity index (χ4n) is 0.372. The maximum atomic E-state index is 10.4. The third-order valence-corrected chi connectivity index (χ3v) is 1.92. The Morgan fingerprint density at radius 3 is 2.70 bits per heavy atom. The Hall–Kier alpha value is -0.680. The number of hydrogen-bond donors (Lipinski definition) is 0. The Morgan fingerprint density at radius 2 is 2.40 bits per heavy atom. The molecule has 0 N–H and O–H groups in total. The normalized spacial score (nSPS) is 9.40. The highest BCUT2D eigenvalue weighted by molar-refractivity contribution is 7.16. The van der Waals surface area contributed by atoms with Crippen LogP contribution in [0.4, 0.5) is 0 Å². The molecule has 0 bridgehead atoms. The van der Waals surface area contributed by atoms with E-state index in [1.165, 1.54) is 7.11 Å². The Bertz CT molecular complexity index is 249. The third kappa shape index (κ3) is 1.43. The van der Waals surface area contributed by atoms with Gasteiger partial charge in [-0.2, -0.15) is 0 Å². The van der Waals surface area contributed by atoms with Crippen molar-refractivity contribution < 1.29 is 9.53 Å². The van der Waals surface area contributed by atoms with Crippen LogP contribution >= 0.6 is 22.9 Å². The molecule has 1 aromatic heterocycles. The monoisotopic (exact) mass is 178 g/mol. The summed E-state index contributed by atoms with van der Waals surface area (Å²) in [4.78, 5) is 10.4. The van der Waals surface area contributed by atoms with Gasteiger partial charge in [0.25, 0.3) is 10.4 Å². The van der Waals surface area contributed by atoms with Gasteiger partial charge in [-0.3, -0.25) is 4.79 Å². The van der Waals surface area contributed by atoms with Gasteiger partial charge in [-0.25, -0.2) is 0 Å². The van der Waals surface area contributed by atoms with E-state index in [0.717, 1.165) is 11.3 Å². The van der Waals surface area contributed by atoms with E-state index in [1.54, 1.807) is 0 Å². The fourth-order valence-corrected chi connectivity index (χ4v) is 1.02. The molecule has 0 radical (unpaired) electrons. The molecule has 54 valence electrons. The molecule has 0 aliphatic heterocycles. The lowest BCUT2D eigenvalue weighted by Crippen LogP contribution is -1.85. The second-order valence-corrected chi connectivity index (χ2v) is 2.63. The first kappa shape index (κ1) is 7.43. The molecular formula is C4H3ClN2O2S. The molecule has 1 rings (SSSR count). The molecule has 1 aromatic rings. The summed E-state index contributed by atoms with van der Waals surface area (Å²) in [5, 5.41) is 6.82. The number of carbonyl (C=O) groups is 1. The van der Waals surface area contributed by atoms with Crippen molar-refractivity contribution in [3.8, 4) is 5.19 Å². The summed E-state index contributed by atoms with van der Waals surface area (Å²) in [6, 6.07) is 0. The molecule has 0 amide bonds. The molecular weight excluding hydrogens is 176 g/mol. The van der Waals surface area contributed by atoms with E-state index < -0.39 is 5.24 Å². The number of carbonyl (C=O) groups excluding carboxylic acids is 1. The van der Waals surface area contributed by atoms with Gasteiger partial charge in [-0.05, 0) is 11.6 Å². The zero-order chi connectivity index (χ0) is 7.56. The number of methoxy groups -OCH3 is 1. The van der Waals surface area contributed by atoms with Crippen LogP contribution in [-0.4, -0.2) is 22.5 Å². The number of nitrogens with zero attached hydrogens (tertiary/aromatic N) is 2. The quantitative estimate of drug-likeness (QED) is 0.633. The lowest BCUT2D eigenvalue weighted by Gasteiger charge is -1.83. The van der Waals surface area contributed by atoms with Gasteiger partial charge in [0.15, 0.2) is 0 Å². The number of ether oxygens (including phenoxy) is 1. The molecule has 4 nitrogen and oxygen atoms in total. The largest absolute Gasteiger partial charge is 0.472 e. The Labute approximate surface area is 65.8 Å². The van der Waals surface area contributed by atoms with Gasteiger partial charge in [0.1, 0.15) is 0 Å². The summed E-state index contributed by atoms with van der Waals surface area (Å²) in [6.45, 7) is 0. The molecule has 1 heterocycles. The van der Waals surface area contributed by atoms with E-state index >= 15 is 0 Å². The topological polar surface area (TPSA) is 52.1 Å². The van der Waals surface area contributed by atoms with Gasteiger partial charge >= 0.3 is 0 Å². The van der Waals surface area contributed by atoms with E-state index in [-0.39, 0.29) is 5.01 Å². The summed E-state index contributed by atoms with van der Waals surface area (Å²) < 4.78 is 4.68. The molecule has 0 spiro atoms. The molecule has 0 aliphatic rings. The minimum Gasteiger partial charge on any atom is -0.472 e. The maximum absolute atomic E-state index is 10.4. The van der Waals surface area contributed by atoms with Crippen LogP contribution in [0, 0.1) is 0 Å². The molecule has 0 saturated heterocycles. The highest BCUT2D eigenvalue weighted by atomic mass is 35.5. The molecule has 0 fully saturated rings. The van der Waals surface area contributed by atoms with Crippen molar-refractivity contribution in [1.29, 1.82) is 0 Å². The second kappa shape index (κ2) is 2.94. The van der Waals surface area contributed by atoms with Crippen molar-refractivity contribution in [2.24, 2.45) is 0 Å². The van der Waals surface area contributed by atoms with E-state index in [4.69, 9.17) is 11.6 Å². The first-order chi connectivity index (χ1) is 4.74. The Kier molecular flexibility index (Phi) is 2.18. The lowest BCUT2D eigenvalue weighted by atomic mass is 10.8. The van der Waals surface area contributed by atoms with Crippen LogP contribution in [-0.2, 0) is 0 Å². The van der Waals surface area contributed by atoms with Crippen LogP contribution in [0.5, 0.6) is 5.19 Å². The predicted molar refractivity (Wildman–Crippen MR) is 36.6 cm³/mol. The van der Waals surface area contributed by atoms with Crippen LogP contribution in [0.3, 0.4) is 0 Å². The average molecular weight is 179 g/mol. The van der Waals surface area contributed by atoms with Gasteiger partial charge in [0, 0.05) is 0 Å². The Morgan fingerprint density at radius 1 is 1.70 bits per heavy atom. The van der Waals surface area contributed by atoms with Crippen LogP contribution in [0.1, 0.15) is 9.80 Å². The maximum Gasteiger partial charge on any atom is 0.294 e. The summed E-state index contributed by atoms with van der Waals surface area (Å²) in [7, 11) is 1.45. The summed E-state index contributed by atoms with van der Waals surface area (Å²) in [5.41, 5.74) is 0. The summed E-state index contributed by atoms with van der Waals surface area (Å²) in [6.07, 6.45) is 0. The van der Waals surface area contributed by atoms with E-state index in [9.17, 15) is 4.79 Å². The van der Waals surface area contributed by atoms with Crippen molar-refractivity contribution >= 4 is 28.2 Å². The fraction of sp³-hybridized carbons (Fsp3) is 0.250. The first-order valence-electron chi connectivity index (χ1n) is 2.31. The van der Waals surface area contributed by atoms with Gasteiger partial charge in [-0.15, -0.1) is 5.10 Å². The standard InChI is InChI=1S/C4H3ClN2O2S/c1-9-4-7-6-3(10-4)2(5)8/h1H3. The Balaban J connectivity index is 2.88. The molecule has 0 unspecified atom stereocenters. The van der Waals surface area contributed by atoms with E-state index in [1.807, 2.05) is 0 Å². The molecule has 0 atom stereocenters. The molecule has 0 aromatic carbocycles. The minimum absolute atomic E-state index is 0.151. The zero-order valence-corrected chi connectivity index (χ0v) is 6.57. The van der Waals surface area contributed by atoms with Gasteiger partial charge in [0.2, 0.25) is 5.01 Å². The van der Waals surface area contributed by atoms with Crippen LogP contribution < -0.4 is 4.74 Å². The highest BCUT2D eigenvalue weighted by Gasteiger charge is 2.08. The number of halogens is 1. The van der Waals surface area contributed by atoms with Crippen LogP contribution in [0.25, 0.3) is 0 Å². The lowest BCUT2D eigenvalue weighted by molar-refractivity contribution is 0.108. The SMILES string of the molecule is COc1nnc(C(=O)Cl)s1. The number of rotatable bonds is 2. The van der Waals surface area contributed by atoms with Crippen molar-refractivity contribution in [1.82, 2.24) is 10.2 Å². The van der Waals surface area contributed by atoms with Gasteiger partial charge < -0.3 is 4.74 Å². The van der Waals surface area contributed by atoms with E-state index in [0.29, 0.717) is 5.19 Å². The van der Waals surface area contributed by atoms with Gasteiger partial charge in [-0.1, -0.05) is 16.4 Å². The average Bonchev–Trinajstić information content (AvgIpc) is 2.34. The molecule has 6 heteroatoms. The summed E-state index contributed by atoms with van der Waals surface area (Å²) >= 11 is 6.10. The predicted octanol–water partition coefficient (Wildman–Crippen LogP) is 0.926. The van der Waals surface area contributed by atoms with Gasteiger partial charge in [0.05, 0.1) is 7.11 Å². The minimum atomic E-state index is -0.610. The number of aromatic nitrogens is 2. The number of hydrogen-bond acceptors (Lipinski definition) is 5. The zero-order valence-electron chi connectivity index (χ0n) is 5.00. The molecule has 0 saturated carbocycles. The molecule has 10 heavy (non-hydrogen) atoms. The summed E-state index contributed by atoms with van der Waals surface area (Å²) in [5.74, 6) is 0. The van der Waals surface area contributed by atoms with Crippen molar-refractivity contribution in [3.05, 3.63) is 5.01 Å². The smallest absolute Gasteiger partial charge is 0.294 e. The van der Waals surface area contributed by atoms with Crippen molar-refractivity contribution in [2.45, 2.75) is 0 Å². The van der Waals surface area contributed by atoms with Crippen LogP contribution in [0.15, 0.2) is 0 Å². The second-order valence-electron chi connectivity index (χ2n) is 1.35. The van der Waals surface area contributed by atoms with Crippen molar-refractivity contribution in [3.63, 3.8) is 0 Å². The molecule has 0 aliphatic carbocycles. The van der Waals surface area contributed by atoms with Crippen LogP contribution in [0.2, 0.25) is 0 Å². The first-order valence-corrected chi connectivity index (χ1v) is 3.51. The van der Waals surface area contributed by atoms with Crippen molar-refractivity contribution in [2.75, 3.05) is 7.11 Å². The third-order valence-electron chi connectivity index (χ3n) is 0.749.